The summed E-state index contributed by atoms with van der Waals surface area (Å²) >= 11 is 1.36. The van der Waals surface area contributed by atoms with Crippen LogP contribution in [0.5, 0.6) is 0 Å². The highest BCUT2D eigenvalue weighted by Crippen LogP contribution is 2.28. The van der Waals surface area contributed by atoms with Crippen LogP contribution in [0.1, 0.15) is 23.5 Å². The Morgan fingerprint density at radius 1 is 1.12 bits per heavy atom. The van der Waals surface area contributed by atoms with Gasteiger partial charge in [-0.25, -0.2) is 4.79 Å². The van der Waals surface area contributed by atoms with E-state index < -0.39 is 5.97 Å². The molecule has 25 heavy (non-hydrogen) atoms. The van der Waals surface area contributed by atoms with Gasteiger partial charge in [-0.05, 0) is 31.5 Å². The minimum Gasteiger partial charge on any atom is -0.451 e. The van der Waals surface area contributed by atoms with Crippen molar-refractivity contribution in [2.75, 3.05) is 19.7 Å². The number of rotatable bonds is 4. The Labute approximate surface area is 151 Å². The average molecular weight is 359 g/mol. The zero-order valence-corrected chi connectivity index (χ0v) is 15.1. The largest absolute Gasteiger partial charge is 0.451 e. The molecule has 0 saturated carbocycles. The molecule has 3 rings (SSSR count). The van der Waals surface area contributed by atoms with E-state index in [1.807, 2.05) is 50.2 Å². The van der Waals surface area contributed by atoms with Crippen molar-refractivity contribution in [3.05, 3.63) is 47.3 Å². The third kappa shape index (κ3) is 4.46. The van der Waals surface area contributed by atoms with Crippen LogP contribution in [-0.4, -0.2) is 48.7 Å². The monoisotopic (exact) mass is 359 g/mol. The zero-order chi connectivity index (χ0) is 17.8. The van der Waals surface area contributed by atoms with Gasteiger partial charge in [0.25, 0.3) is 5.91 Å². The lowest BCUT2D eigenvalue weighted by atomic mass is 10.2. The fraction of sp³-hybridized carbons (Fsp3) is 0.368. The summed E-state index contributed by atoms with van der Waals surface area (Å²) in [6, 6.07) is 13.5. The predicted octanol–water partition coefficient (Wildman–Crippen LogP) is 3.21. The van der Waals surface area contributed by atoms with Crippen molar-refractivity contribution in [2.24, 2.45) is 0 Å². The minimum absolute atomic E-state index is 0.00544. The molecule has 5 nitrogen and oxygen atoms in total. The van der Waals surface area contributed by atoms with E-state index in [1.165, 1.54) is 11.3 Å². The van der Waals surface area contributed by atoms with Gasteiger partial charge in [-0.1, -0.05) is 30.3 Å². The molecule has 2 atom stereocenters. The smallest absolute Gasteiger partial charge is 0.348 e. The first kappa shape index (κ1) is 17.6. The number of amides is 1. The summed E-state index contributed by atoms with van der Waals surface area (Å²) < 4.78 is 10.8. The lowest BCUT2D eigenvalue weighted by Gasteiger charge is -2.35. The Hall–Kier alpha value is -2.18. The van der Waals surface area contributed by atoms with E-state index in [1.54, 1.807) is 11.0 Å². The van der Waals surface area contributed by atoms with E-state index >= 15 is 0 Å². The Balaban J connectivity index is 1.56. The van der Waals surface area contributed by atoms with Crippen molar-refractivity contribution >= 4 is 23.2 Å². The maximum Gasteiger partial charge on any atom is 0.348 e. The molecule has 6 heteroatoms. The molecule has 1 aromatic heterocycles. The molecule has 2 aromatic rings. The standard InChI is InChI=1S/C19H21NO4S/c1-13-10-20(11-14(2)24-13)18(21)12-23-19(22)17-9-8-16(25-17)15-6-4-3-5-7-15/h3-9,13-14H,10-12H2,1-2H3/t13-,14-/m0/s1. The van der Waals surface area contributed by atoms with Crippen molar-refractivity contribution in [3.63, 3.8) is 0 Å². The van der Waals surface area contributed by atoms with Crippen LogP contribution in [0, 0.1) is 0 Å². The molecule has 1 aromatic carbocycles. The van der Waals surface area contributed by atoms with Crippen LogP contribution in [0.2, 0.25) is 0 Å². The van der Waals surface area contributed by atoms with Gasteiger partial charge < -0.3 is 14.4 Å². The second-order valence-electron chi connectivity index (χ2n) is 6.16. The van der Waals surface area contributed by atoms with Crippen molar-refractivity contribution in [3.8, 4) is 10.4 Å². The molecule has 0 bridgehead atoms. The van der Waals surface area contributed by atoms with E-state index in [2.05, 4.69) is 0 Å². The number of hydrogen-bond acceptors (Lipinski definition) is 5. The quantitative estimate of drug-likeness (QED) is 0.787. The van der Waals surface area contributed by atoms with Gasteiger partial charge in [0, 0.05) is 18.0 Å². The number of morpholine rings is 1. The molecule has 2 heterocycles. The molecule has 1 saturated heterocycles. The summed E-state index contributed by atoms with van der Waals surface area (Å²) in [5.74, 6) is -0.648. The molecule has 1 aliphatic rings. The second kappa shape index (κ2) is 7.80. The molecular weight excluding hydrogens is 338 g/mol. The first-order valence-corrected chi connectivity index (χ1v) is 9.10. The molecule has 0 N–H and O–H groups in total. The van der Waals surface area contributed by atoms with E-state index in [-0.39, 0.29) is 24.7 Å². The highest BCUT2D eigenvalue weighted by molar-refractivity contribution is 7.17. The van der Waals surface area contributed by atoms with Gasteiger partial charge in [0.15, 0.2) is 6.61 Å². The van der Waals surface area contributed by atoms with Crippen LogP contribution in [0.25, 0.3) is 10.4 Å². The number of benzene rings is 1. The van der Waals surface area contributed by atoms with Crippen molar-refractivity contribution in [2.45, 2.75) is 26.1 Å². The average Bonchev–Trinajstić information content (AvgIpc) is 3.09. The van der Waals surface area contributed by atoms with Gasteiger partial charge in [0.1, 0.15) is 4.88 Å². The molecule has 0 aliphatic carbocycles. The molecular formula is C19H21NO4S. The maximum absolute atomic E-state index is 12.2. The molecule has 1 aliphatic heterocycles. The normalized spacial score (nSPS) is 20.3. The van der Waals surface area contributed by atoms with Gasteiger partial charge >= 0.3 is 5.97 Å². The number of carbonyl (C=O) groups excluding carboxylic acids is 2. The fourth-order valence-corrected chi connectivity index (χ4v) is 3.78. The first-order valence-electron chi connectivity index (χ1n) is 8.28. The summed E-state index contributed by atoms with van der Waals surface area (Å²) in [6.45, 7) is 4.67. The summed E-state index contributed by atoms with van der Waals surface area (Å²) in [7, 11) is 0. The van der Waals surface area contributed by atoms with Crippen molar-refractivity contribution in [1.82, 2.24) is 4.90 Å². The molecule has 132 valence electrons. The van der Waals surface area contributed by atoms with E-state index in [0.29, 0.717) is 18.0 Å². The summed E-state index contributed by atoms with van der Waals surface area (Å²) in [5, 5.41) is 0. The maximum atomic E-state index is 12.2. The predicted molar refractivity (Wildman–Crippen MR) is 96.6 cm³/mol. The van der Waals surface area contributed by atoms with E-state index in [0.717, 1.165) is 10.4 Å². The van der Waals surface area contributed by atoms with Gasteiger partial charge in [-0.2, -0.15) is 0 Å². The molecule has 1 amide bonds. The van der Waals surface area contributed by atoms with Gasteiger partial charge in [0.2, 0.25) is 0 Å². The highest BCUT2D eigenvalue weighted by atomic mass is 32.1. The summed E-state index contributed by atoms with van der Waals surface area (Å²) in [5.41, 5.74) is 1.05. The Bertz CT molecular complexity index is 733. The lowest BCUT2D eigenvalue weighted by Crippen LogP contribution is -2.49. The first-order chi connectivity index (χ1) is 12.0. The fourth-order valence-electron chi connectivity index (χ4n) is 2.88. The second-order valence-corrected chi connectivity index (χ2v) is 7.25. The number of thiophene rings is 1. The van der Waals surface area contributed by atoms with E-state index in [4.69, 9.17) is 9.47 Å². The zero-order valence-electron chi connectivity index (χ0n) is 14.3. The Morgan fingerprint density at radius 2 is 1.80 bits per heavy atom. The number of nitrogens with zero attached hydrogens (tertiary/aromatic N) is 1. The van der Waals surface area contributed by atoms with Crippen LogP contribution in [0.3, 0.4) is 0 Å². The topological polar surface area (TPSA) is 55.8 Å². The lowest BCUT2D eigenvalue weighted by molar-refractivity contribution is -0.146. The Morgan fingerprint density at radius 3 is 2.48 bits per heavy atom. The van der Waals surface area contributed by atoms with Gasteiger partial charge in [0.05, 0.1) is 12.2 Å². The van der Waals surface area contributed by atoms with Gasteiger partial charge in [-0.3, -0.25) is 4.79 Å². The highest BCUT2D eigenvalue weighted by Gasteiger charge is 2.26. The summed E-state index contributed by atoms with van der Waals surface area (Å²) in [6.07, 6.45) is -0.0109. The number of ether oxygens (including phenoxy) is 2. The van der Waals surface area contributed by atoms with Crippen molar-refractivity contribution in [1.29, 1.82) is 0 Å². The number of carbonyl (C=O) groups is 2. The van der Waals surface area contributed by atoms with Crippen molar-refractivity contribution < 1.29 is 19.1 Å². The SMILES string of the molecule is C[C@H]1CN(C(=O)COC(=O)c2ccc(-c3ccccc3)s2)C[C@H](C)O1. The van der Waals surface area contributed by atoms with Gasteiger partial charge in [-0.15, -0.1) is 11.3 Å². The number of hydrogen-bond donors (Lipinski definition) is 0. The minimum atomic E-state index is -0.463. The van der Waals surface area contributed by atoms with Crippen LogP contribution >= 0.6 is 11.3 Å². The van der Waals surface area contributed by atoms with Crippen LogP contribution < -0.4 is 0 Å². The number of esters is 1. The third-order valence-corrected chi connectivity index (χ3v) is 5.08. The van der Waals surface area contributed by atoms with E-state index in [9.17, 15) is 9.59 Å². The van der Waals surface area contributed by atoms with Crippen LogP contribution in [0.15, 0.2) is 42.5 Å². The molecule has 1 fully saturated rings. The molecule has 0 radical (unpaired) electrons. The third-order valence-electron chi connectivity index (χ3n) is 3.96. The van der Waals surface area contributed by atoms with Crippen LogP contribution in [0.4, 0.5) is 0 Å². The molecule has 0 unspecified atom stereocenters. The molecule has 0 spiro atoms. The summed E-state index contributed by atoms with van der Waals surface area (Å²) in [4.78, 5) is 27.6. The van der Waals surface area contributed by atoms with Crippen LogP contribution in [-0.2, 0) is 14.3 Å². The Kier molecular flexibility index (Phi) is 5.50.